The molecule has 26 heavy (non-hydrogen) atoms. The van der Waals surface area contributed by atoms with Crippen LogP contribution in [0.25, 0.3) is 0 Å². The van der Waals surface area contributed by atoms with Crippen LogP contribution in [0.2, 0.25) is 10.0 Å². The predicted molar refractivity (Wildman–Crippen MR) is 97.2 cm³/mol. The van der Waals surface area contributed by atoms with E-state index >= 15 is 0 Å². The monoisotopic (exact) mass is 392 g/mol. The Bertz CT molecular complexity index is 878. The first-order chi connectivity index (χ1) is 12.6. The number of benzene rings is 1. The van der Waals surface area contributed by atoms with Crippen molar-refractivity contribution >= 4 is 29.2 Å². The molecule has 0 amide bonds. The Labute approximate surface area is 161 Å². The number of piperidine rings is 1. The summed E-state index contributed by atoms with van der Waals surface area (Å²) in [6.07, 6.45) is 5.68. The van der Waals surface area contributed by atoms with Gasteiger partial charge in [-0.05, 0) is 61.8 Å². The fraction of sp³-hybridized carbons (Fsp3) is 0.474. The van der Waals surface area contributed by atoms with Gasteiger partial charge in [0.25, 0.3) is 0 Å². The van der Waals surface area contributed by atoms with Crippen molar-refractivity contribution in [1.82, 2.24) is 10.5 Å². The lowest BCUT2D eigenvalue weighted by Crippen LogP contribution is -2.29. The number of hydrogen-bond acceptors (Lipinski definition) is 5. The minimum Gasteiger partial charge on any atom is -0.421 e. The molecule has 3 aliphatic rings. The van der Waals surface area contributed by atoms with Crippen molar-refractivity contribution in [2.75, 3.05) is 6.54 Å². The summed E-state index contributed by atoms with van der Waals surface area (Å²) in [6.45, 7) is 0.963. The number of esters is 1. The molecule has 136 valence electrons. The molecule has 5 rings (SSSR count). The summed E-state index contributed by atoms with van der Waals surface area (Å²) >= 11 is 12.5. The highest BCUT2D eigenvalue weighted by molar-refractivity contribution is 6.36. The van der Waals surface area contributed by atoms with Crippen LogP contribution in [0, 0.1) is 5.92 Å². The normalized spacial score (nSPS) is 27.1. The Hall–Kier alpha value is -1.56. The van der Waals surface area contributed by atoms with Crippen molar-refractivity contribution in [1.29, 1.82) is 0 Å². The van der Waals surface area contributed by atoms with Crippen LogP contribution in [0.5, 0.6) is 5.75 Å². The number of carbonyl (C=O) groups excluding carboxylic acids is 1. The van der Waals surface area contributed by atoms with Crippen LogP contribution in [0.1, 0.15) is 59.1 Å². The lowest BCUT2D eigenvalue weighted by atomic mass is 9.90. The van der Waals surface area contributed by atoms with Crippen molar-refractivity contribution in [2.24, 2.45) is 5.92 Å². The van der Waals surface area contributed by atoms with Crippen LogP contribution < -0.4 is 10.1 Å². The number of carbonyl (C=O) groups is 1. The average molecular weight is 393 g/mol. The Kier molecular flexibility index (Phi) is 3.99. The summed E-state index contributed by atoms with van der Waals surface area (Å²) in [5, 5.41) is 8.53. The molecule has 1 saturated heterocycles. The molecule has 2 aliphatic carbocycles. The number of nitrogens with zero attached hydrogens (tertiary/aromatic N) is 1. The van der Waals surface area contributed by atoms with Crippen LogP contribution in [0.15, 0.2) is 22.9 Å². The number of rotatable bonds is 4. The molecular formula is C19H18Cl2N2O3. The summed E-state index contributed by atoms with van der Waals surface area (Å²) < 4.78 is 10.7. The third-order valence-corrected chi connectivity index (χ3v) is 6.43. The van der Waals surface area contributed by atoms with E-state index in [9.17, 15) is 4.79 Å². The van der Waals surface area contributed by atoms with Crippen LogP contribution in [0.3, 0.4) is 0 Å². The van der Waals surface area contributed by atoms with Crippen molar-refractivity contribution in [3.63, 3.8) is 0 Å². The number of aromatic nitrogens is 1. The molecule has 2 saturated carbocycles. The molecule has 1 N–H and O–H groups in total. The van der Waals surface area contributed by atoms with Gasteiger partial charge in [0.2, 0.25) is 0 Å². The number of halogens is 2. The molecule has 0 spiro atoms. The number of ether oxygens (including phenoxy) is 1. The second-order valence-corrected chi connectivity index (χ2v) is 8.34. The first-order valence-corrected chi connectivity index (χ1v) is 9.74. The van der Waals surface area contributed by atoms with E-state index in [4.69, 9.17) is 32.5 Å². The van der Waals surface area contributed by atoms with Gasteiger partial charge in [0.05, 0.1) is 5.02 Å². The van der Waals surface area contributed by atoms with Crippen LogP contribution in [-0.4, -0.2) is 23.7 Å². The molecule has 1 aliphatic heterocycles. The molecule has 1 aromatic heterocycles. The van der Waals surface area contributed by atoms with Gasteiger partial charge in [-0.2, -0.15) is 0 Å². The lowest BCUT2D eigenvalue weighted by molar-refractivity contribution is 0.0732. The average Bonchev–Trinajstić information content (AvgIpc) is 3.04. The van der Waals surface area contributed by atoms with Gasteiger partial charge in [-0.1, -0.05) is 28.4 Å². The summed E-state index contributed by atoms with van der Waals surface area (Å²) in [7, 11) is 0. The lowest BCUT2D eigenvalue weighted by Gasteiger charge is -2.20. The molecule has 3 fully saturated rings. The predicted octanol–water partition coefficient (Wildman–Crippen LogP) is 4.54. The summed E-state index contributed by atoms with van der Waals surface area (Å²) in [5.74, 6) is 1.03. The quantitative estimate of drug-likeness (QED) is 0.610. The topological polar surface area (TPSA) is 64.4 Å². The van der Waals surface area contributed by atoms with E-state index < -0.39 is 5.97 Å². The molecule has 5 nitrogen and oxygen atoms in total. The van der Waals surface area contributed by atoms with E-state index in [0.717, 1.165) is 37.8 Å². The first-order valence-electron chi connectivity index (χ1n) is 8.99. The van der Waals surface area contributed by atoms with Gasteiger partial charge in [-0.25, -0.2) is 4.79 Å². The van der Waals surface area contributed by atoms with Crippen LogP contribution >= 0.6 is 23.2 Å². The standard InChI is InChI=1S/C19H18Cl2N2O3/c20-15-6-16(21)17(5-12(15)9-1-2-9)26-19(24)14-8-25-23-18(14)13-4-11-3-10(13)7-22-11/h5-6,8-11,13,22H,1-4,7H2/t10-,11+,13+/m0/s1. The molecular weight excluding hydrogens is 375 g/mol. The number of fused-ring (bicyclic) bond motifs is 2. The maximum absolute atomic E-state index is 12.8. The highest BCUT2D eigenvalue weighted by atomic mass is 35.5. The van der Waals surface area contributed by atoms with Gasteiger partial charge < -0.3 is 14.6 Å². The third-order valence-electron chi connectivity index (χ3n) is 5.80. The smallest absolute Gasteiger partial charge is 0.348 e. The van der Waals surface area contributed by atoms with Crippen molar-refractivity contribution < 1.29 is 14.1 Å². The number of nitrogens with one attached hydrogen (secondary N) is 1. The molecule has 7 heteroatoms. The van der Waals surface area contributed by atoms with Gasteiger partial charge in [0, 0.05) is 17.0 Å². The molecule has 0 radical (unpaired) electrons. The Morgan fingerprint density at radius 1 is 1.23 bits per heavy atom. The fourth-order valence-electron chi connectivity index (χ4n) is 4.32. The van der Waals surface area contributed by atoms with E-state index in [1.165, 1.54) is 6.26 Å². The van der Waals surface area contributed by atoms with E-state index in [-0.39, 0.29) is 5.92 Å². The third kappa shape index (κ3) is 2.82. The zero-order valence-electron chi connectivity index (χ0n) is 14.0. The molecule has 2 heterocycles. The van der Waals surface area contributed by atoms with Crippen molar-refractivity contribution in [2.45, 2.75) is 43.6 Å². The van der Waals surface area contributed by atoms with Gasteiger partial charge in [0.1, 0.15) is 23.3 Å². The van der Waals surface area contributed by atoms with Crippen molar-refractivity contribution in [3.05, 3.63) is 45.3 Å². The minimum absolute atomic E-state index is 0.241. The highest BCUT2D eigenvalue weighted by Gasteiger charge is 2.43. The largest absolute Gasteiger partial charge is 0.421 e. The van der Waals surface area contributed by atoms with Gasteiger partial charge in [-0.15, -0.1) is 0 Å². The fourth-order valence-corrected chi connectivity index (χ4v) is 4.90. The summed E-state index contributed by atoms with van der Waals surface area (Å²) in [4.78, 5) is 12.8. The summed E-state index contributed by atoms with van der Waals surface area (Å²) in [5.41, 5.74) is 2.08. The van der Waals surface area contributed by atoms with E-state index in [2.05, 4.69) is 10.5 Å². The number of hydrogen-bond donors (Lipinski definition) is 1. The van der Waals surface area contributed by atoms with Crippen molar-refractivity contribution in [3.8, 4) is 5.75 Å². The van der Waals surface area contributed by atoms with E-state index in [0.29, 0.717) is 44.9 Å². The SMILES string of the molecule is O=C(Oc1cc(C2CC2)c(Cl)cc1Cl)c1conc1[C@@H]1C[C@H]2C[C@H]1CN2. The Morgan fingerprint density at radius 3 is 2.77 bits per heavy atom. The van der Waals surface area contributed by atoms with Gasteiger partial charge >= 0.3 is 5.97 Å². The van der Waals surface area contributed by atoms with Gasteiger partial charge in [-0.3, -0.25) is 0 Å². The second kappa shape index (κ2) is 6.25. The summed E-state index contributed by atoms with van der Waals surface area (Å²) in [6, 6.07) is 3.95. The minimum atomic E-state index is -0.483. The van der Waals surface area contributed by atoms with Crippen LogP contribution in [0.4, 0.5) is 0 Å². The van der Waals surface area contributed by atoms with E-state index in [1.54, 1.807) is 12.1 Å². The highest BCUT2D eigenvalue weighted by Crippen LogP contribution is 2.47. The van der Waals surface area contributed by atoms with Gasteiger partial charge in [0.15, 0.2) is 0 Å². The maximum Gasteiger partial charge on any atom is 0.348 e. The second-order valence-electron chi connectivity index (χ2n) is 7.52. The molecule has 1 aromatic carbocycles. The molecule has 2 aromatic rings. The Balaban J connectivity index is 1.40. The zero-order chi connectivity index (χ0) is 17.8. The Morgan fingerprint density at radius 2 is 2.08 bits per heavy atom. The first kappa shape index (κ1) is 16.6. The van der Waals surface area contributed by atoms with E-state index in [1.807, 2.05) is 0 Å². The molecule has 0 unspecified atom stereocenters. The van der Waals surface area contributed by atoms with Crippen LogP contribution in [-0.2, 0) is 0 Å². The molecule has 2 bridgehead atoms. The molecule has 3 atom stereocenters. The zero-order valence-corrected chi connectivity index (χ0v) is 15.5. The maximum atomic E-state index is 12.8.